The van der Waals surface area contributed by atoms with Crippen LogP contribution in [0.25, 0.3) is 6.08 Å². The number of anilines is 1. The van der Waals surface area contributed by atoms with E-state index in [1.54, 1.807) is 42.5 Å². The number of likely N-dealkylation sites (N-methyl/N-ethyl adjacent to an activating group) is 1. The molecular formula is C24H28N4O5S. The Hall–Kier alpha value is -3.21. The van der Waals surface area contributed by atoms with Crippen LogP contribution < -0.4 is 15.2 Å². The summed E-state index contributed by atoms with van der Waals surface area (Å²) in [5.41, 5.74) is 6.88. The van der Waals surface area contributed by atoms with Gasteiger partial charge in [-0.25, -0.2) is 8.42 Å². The van der Waals surface area contributed by atoms with E-state index in [-0.39, 0.29) is 34.2 Å². The van der Waals surface area contributed by atoms with E-state index in [1.165, 1.54) is 6.07 Å². The van der Waals surface area contributed by atoms with Gasteiger partial charge in [-0.15, -0.1) is 0 Å². The van der Waals surface area contributed by atoms with Crippen LogP contribution in [0.5, 0.6) is 5.75 Å². The topological polar surface area (TPSA) is 122 Å². The lowest BCUT2D eigenvalue weighted by molar-refractivity contribution is 0.0991. The number of rotatable bonds is 8. The number of nitrogens with zero attached hydrogens (tertiary/aromatic N) is 2. The molecule has 0 spiro atoms. The van der Waals surface area contributed by atoms with Gasteiger partial charge in [-0.1, -0.05) is 18.2 Å². The summed E-state index contributed by atoms with van der Waals surface area (Å²) >= 11 is 0. The molecule has 0 atom stereocenters. The van der Waals surface area contributed by atoms with E-state index in [0.29, 0.717) is 17.7 Å². The van der Waals surface area contributed by atoms with Crippen molar-refractivity contribution in [1.82, 2.24) is 9.80 Å². The van der Waals surface area contributed by atoms with Crippen LogP contribution in [0.4, 0.5) is 5.69 Å². The molecule has 1 amide bonds. The number of ketones is 1. The van der Waals surface area contributed by atoms with Crippen LogP contribution in [0.1, 0.15) is 32.7 Å². The largest absolute Gasteiger partial charge is 0.452 e. The number of allylic oxidation sites excluding steroid dienone is 1. The van der Waals surface area contributed by atoms with Crippen molar-refractivity contribution >= 4 is 33.5 Å². The summed E-state index contributed by atoms with van der Waals surface area (Å²) in [5.74, 6) is -0.740. The van der Waals surface area contributed by atoms with Crippen molar-refractivity contribution in [2.24, 2.45) is 5.73 Å². The molecule has 0 saturated carbocycles. The number of hydrogen-bond donors (Lipinski definition) is 2. The van der Waals surface area contributed by atoms with Gasteiger partial charge in [0.05, 0.1) is 16.9 Å². The molecule has 2 aliphatic rings. The number of primary amides is 1. The molecule has 0 radical (unpaired) electrons. The number of carbonyl (C=O) groups is 2. The molecule has 10 heteroatoms. The molecule has 2 aliphatic heterocycles. The van der Waals surface area contributed by atoms with Crippen molar-refractivity contribution in [2.45, 2.75) is 6.42 Å². The molecule has 0 bridgehead atoms. The van der Waals surface area contributed by atoms with Crippen molar-refractivity contribution in [3.05, 3.63) is 64.9 Å². The molecule has 1 saturated heterocycles. The first-order chi connectivity index (χ1) is 16.2. The zero-order valence-electron chi connectivity index (χ0n) is 19.0. The first kappa shape index (κ1) is 23.9. The smallest absolute Gasteiger partial charge is 0.252 e. The number of nitrogens with two attached hydrogens (primary N) is 1. The monoisotopic (exact) mass is 484 g/mol. The number of sulfonamides is 1. The number of Topliss-reactive ketones (excluding diaryl/α,β-unsaturated/α-hetero) is 1. The third-order valence-electron chi connectivity index (χ3n) is 5.93. The van der Waals surface area contributed by atoms with E-state index in [1.807, 2.05) is 0 Å². The molecule has 0 aromatic heterocycles. The second-order valence-electron chi connectivity index (χ2n) is 8.53. The van der Waals surface area contributed by atoms with Crippen molar-refractivity contribution < 1.29 is 22.7 Å². The number of ether oxygens (including phenoxy) is 1. The van der Waals surface area contributed by atoms with Gasteiger partial charge in [-0.2, -0.15) is 0 Å². The Morgan fingerprint density at radius 2 is 1.82 bits per heavy atom. The molecule has 0 unspecified atom stereocenters. The van der Waals surface area contributed by atoms with Crippen LogP contribution in [0, 0.1) is 0 Å². The van der Waals surface area contributed by atoms with Gasteiger partial charge in [0, 0.05) is 31.9 Å². The third kappa shape index (κ3) is 5.64. The highest BCUT2D eigenvalue weighted by molar-refractivity contribution is 7.92. The van der Waals surface area contributed by atoms with E-state index in [9.17, 15) is 18.0 Å². The third-order valence-corrected chi connectivity index (χ3v) is 7.30. The van der Waals surface area contributed by atoms with Crippen molar-refractivity contribution in [1.29, 1.82) is 0 Å². The lowest BCUT2D eigenvalue weighted by atomic mass is 10.1. The average Bonchev–Trinajstić information content (AvgIpc) is 3.11. The number of hydrogen-bond acceptors (Lipinski definition) is 7. The summed E-state index contributed by atoms with van der Waals surface area (Å²) in [6, 6.07) is 11.3. The second-order valence-corrected chi connectivity index (χ2v) is 10.4. The fraction of sp³-hybridized carbons (Fsp3) is 0.333. The van der Waals surface area contributed by atoms with Crippen LogP contribution in [0.3, 0.4) is 0 Å². The fourth-order valence-electron chi connectivity index (χ4n) is 3.98. The van der Waals surface area contributed by atoms with E-state index >= 15 is 0 Å². The van der Waals surface area contributed by atoms with E-state index in [0.717, 1.165) is 32.7 Å². The Kier molecular flexibility index (Phi) is 7.01. The predicted octanol–water partition coefficient (Wildman–Crippen LogP) is 1.78. The van der Waals surface area contributed by atoms with Crippen molar-refractivity contribution in [3.63, 3.8) is 0 Å². The molecule has 0 aliphatic carbocycles. The Morgan fingerprint density at radius 1 is 1.12 bits per heavy atom. The average molecular weight is 485 g/mol. The van der Waals surface area contributed by atoms with Crippen LogP contribution in [-0.4, -0.2) is 75.4 Å². The van der Waals surface area contributed by atoms with E-state index in [2.05, 4.69) is 21.6 Å². The lowest BCUT2D eigenvalue weighted by Crippen LogP contribution is -2.45. The highest BCUT2D eigenvalue weighted by Gasteiger charge is 2.30. The summed E-state index contributed by atoms with van der Waals surface area (Å²) in [6.45, 7) is 4.68. The Morgan fingerprint density at radius 3 is 2.50 bits per heavy atom. The van der Waals surface area contributed by atoms with Gasteiger partial charge in [0.25, 0.3) is 5.91 Å². The van der Waals surface area contributed by atoms with Gasteiger partial charge in [0.2, 0.25) is 15.8 Å². The number of benzene rings is 2. The maximum atomic E-state index is 12.6. The summed E-state index contributed by atoms with van der Waals surface area (Å²) in [6.07, 6.45) is 2.11. The standard InChI is InChI=1S/C24H28N4O5S/c1-27-11-13-28(14-12-27)10-3-15-34(31,32)26-18-8-6-17(7-9-18)16-21-22(29)19-4-2-5-20(24(25)30)23(19)33-21/h2,4-9,16,26H,3,10-15H2,1H3,(H2,25,30)/b21-16-. The van der Waals surface area contributed by atoms with Gasteiger partial charge >= 0.3 is 0 Å². The summed E-state index contributed by atoms with van der Waals surface area (Å²) in [7, 11) is -1.38. The van der Waals surface area contributed by atoms with Gasteiger partial charge in [-0.3, -0.25) is 14.3 Å². The minimum Gasteiger partial charge on any atom is -0.452 e. The predicted molar refractivity (Wildman–Crippen MR) is 130 cm³/mol. The minimum atomic E-state index is -3.46. The number of para-hydroxylation sites is 1. The first-order valence-corrected chi connectivity index (χ1v) is 12.8. The molecule has 2 heterocycles. The van der Waals surface area contributed by atoms with Crippen molar-refractivity contribution in [3.8, 4) is 5.75 Å². The zero-order chi connectivity index (χ0) is 24.3. The summed E-state index contributed by atoms with van der Waals surface area (Å²) < 4.78 is 33.1. The van der Waals surface area contributed by atoms with Crippen LogP contribution in [0.2, 0.25) is 0 Å². The number of amides is 1. The molecule has 4 rings (SSSR count). The summed E-state index contributed by atoms with van der Waals surface area (Å²) in [4.78, 5) is 28.8. The zero-order valence-corrected chi connectivity index (χ0v) is 19.8. The quantitative estimate of drug-likeness (QED) is 0.548. The van der Waals surface area contributed by atoms with E-state index in [4.69, 9.17) is 10.5 Å². The fourth-order valence-corrected chi connectivity index (χ4v) is 5.09. The van der Waals surface area contributed by atoms with Gasteiger partial charge in [0.15, 0.2) is 11.5 Å². The molecule has 9 nitrogen and oxygen atoms in total. The minimum absolute atomic E-state index is 0.0495. The summed E-state index contributed by atoms with van der Waals surface area (Å²) in [5, 5.41) is 0. The lowest BCUT2D eigenvalue weighted by Gasteiger charge is -2.32. The Balaban J connectivity index is 1.35. The van der Waals surface area contributed by atoms with Gasteiger partial charge in [0.1, 0.15) is 0 Å². The Bertz CT molecular complexity index is 1220. The SMILES string of the molecule is CN1CCN(CCCS(=O)(=O)Nc2ccc(/C=C3\Oc4c(C(N)=O)cccc4C3=O)cc2)CC1. The molecule has 34 heavy (non-hydrogen) atoms. The number of fused-ring (bicyclic) bond motifs is 1. The van der Waals surface area contributed by atoms with Crippen LogP contribution >= 0.6 is 0 Å². The van der Waals surface area contributed by atoms with Crippen molar-refractivity contribution in [2.75, 3.05) is 50.2 Å². The first-order valence-electron chi connectivity index (χ1n) is 11.1. The number of piperazine rings is 1. The molecule has 2 aromatic carbocycles. The number of carbonyl (C=O) groups excluding carboxylic acids is 2. The maximum Gasteiger partial charge on any atom is 0.252 e. The molecular weight excluding hydrogens is 456 g/mol. The van der Waals surface area contributed by atoms with Crippen LogP contribution in [0.15, 0.2) is 48.2 Å². The molecule has 2 aromatic rings. The second kappa shape index (κ2) is 9.96. The molecule has 3 N–H and O–H groups in total. The Labute approximate surface area is 199 Å². The maximum absolute atomic E-state index is 12.6. The van der Waals surface area contributed by atoms with Crippen LogP contribution in [-0.2, 0) is 10.0 Å². The molecule has 180 valence electrons. The normalized spacial score (nSPS) is 18.0. The highest BCUT2D eigenvalue weighted by atomic mass is 32.2. The molecule has 1 fully saturated rings. The highest BCUT2D eigenvalue weighted by Crippen LogP contribution is 2.35. The van der Waals surface area contributed by atoms with Gasteiger partial charge < -0.3 is 20.3 Å². The van der Waals surface area contributed by atoms with Gasteiger partial charge in [-0.05, 0) is 55.9 Å². The number of nitrogens with one attached hydrogen (secondary N) is 1. The van der Waals surface area contributed by atoms with E-state index < -0.39 is 15.9 Å².